The number of urea groups is 1. The van der Waals surface area contributed by atoms with Crippen LogP contribution in [0.5, 0.6) is 11.5 Å². The average molecular weight is 424 g/mol. The monoisotopic (exact) mass is 423 g/mol. The minimum atomic E-state index is -0.763. The van der Waals surface area contributed by atoms with Gasteiger partial charge in [-0.3, -0.25) is 0 Å². The van der Waals surface area contributed by atoms with Gasteiger partial charge >= 0.3 is 6.03 Å². The number of amides is 2. The molecule has 8 heteroatoms. The Bertz CT molecular complexity index is 824. The second-order valence-corrected chi connectivity index (χ2v) is 7.83. The molecule has 0 radical (unpaired) electrons. The molecule has 0 aliphatic carbocycles. The third-order valence-electron chi connectivity index (χ3n) is 3.73. The molecule has 2 aromatic carbocycles. The summed E-state index contributed by atoms with van der Waals surface area (Å²) in [5.41, 5.74) is 8.95. The van der Waals surface area contributed by atoms with Gasteiger partial charge in [0.2, 0.25) is 0 Å². The number of carbonyl (C=O) groups excluding carboxylic acids is 1. The van der Waals surface area contributed by atoms with Gasteiger partial charge in [0.05, 0.1) is 16.3 Å². The van der Waals surface area contributed by atoms with Gasteiger partial charge in [-0.1, -0.05) is 56.1 Å². The van der Waals surface area contributed by atoms with Crippen LogP contribution in [-0.2, 0) is 5.41 Å². The lowest BCUT2D eigenvalue weighted by molar-refractivity contribution is 0.217. The van der Waals surface area contributed by atoms with E-state index in [-0.39, 0.29) is 12.0 Å². The number of hydrazone groups is 1. The van der Waals surface area contributed by atoms with Gasteiger partial charge in [-0.15, -0.1) is 0 Å². The quantitative estimate of drug-likeness (QED) is 0.382. The molecule has 2 rings (SSSR count). The maximum absolute atomic E-state index is 10.6. The van der Waals surface area contributed by atoms with Gasteiger partial charge in [0.15, 0.2) is 5.75 Å². The fourth-order valence-electron chi connectivity index (χ4n) is 2.32. The molecule has 150 valence electrons. The third kappa shape index (κ3) is 6.62. The minimum Gasteiger partial charge on any atom is -0.490 e. The zero-order valence-electron chi connectivity index (χ0n) is 16.0. The van der Waals surface area contributed by atoms with Crippen LogP contribution in [0.3, 0.4) is 0 Å². The van der Waals surface area contributed by atoms with Crippen molar-refractivity contribution in [2.75, 3.05) is 13.2 Å². The Kier molecular flexibility index (Phi) is 7.54. The van der Waals surface area contributed by atoms with Crippen molar-refractivity contribution in [1.29, 1.82) is 0 Å². The SMILES string of the molecule is CC(C)(C)c1ccc(OCCOc2c(Cl)cc(/C=N/NC(N)=O)cc2Cl)cc1. The Morgan fingerprint density at radius 3 is 2.21 bits per heavy atom. The minimum absolute atomic E-state index is 0.0991. The van der Waals surface area contributed by atoms with Crippen molar-refractivity contribution in [2.24, 2.45) is 10.8 Å². The summed E-state index contributed by atoms with van der Waals surface area (Å²) >= 11 is 12.4. The highest BCUT2D eigenvalue weighted by Gasteiger charge is 2.13. The second kappa shape index (κ2) is 9.66. The molecule has 6 nitrogen and oxygen atoms in total. The Morgan fingerprint density at radius 2 is 1.68 bits per heavy atom. The van der Waals surface area contributed by atoms with E-state index in [1.54, 1.807) is 12.1 Å². The van der Waals surface area contributed by atoms with Crippen LogP contribution in [0.25, 0.3) is 0 Å². The van der Waals surface area contributed by atoms with Crippen LogP contribution in [0.1, 0.15) is 31.9 Å². The number of rotatable bonds is 7. The van der Waals surface area contributed by atoms with Crippen LogP contribution in [-0.4, -0.2) is 25.5 Å². The number of halogens is 2. The van der Waals surface area contributed by atoms with Crippen LogP contribution in [0, 0.1) is 0 Å². The van der Waals surface area contributed by atoms with Crippen molar-refractivity contribution in [2.45, 2.75) is 26.2 Å². The van der Waals surface area contributed by atoms with Gasteiger partial charge in [0, 0.05) is 0 Å². The predicted molar refractivity (Wildman–Crippen MR) is 113 cm³/mol. The van der Waals surface area contributed by atoms with Crippen LogP contribution < -0.4 is 20.6 Å². The highest BCUT2D eigenvalue weighted by atomic mass is 35.5. The van der Waals surface area contributed by atoms with E-state index in [1.165, 1.54) is 11.8 Å². The highest BCUT2D eigenvalue weighted by Crippen LogP contribution is 2.33. The molecule has 0 aliphatic rings. The smallest absolute Gasteiger partial charge is 0.332 e. The Labute approximate surface area is 174 Å². The Hall–Kier alpha value is -2.44. The molecular weight excluding hydrogens is 401 g/mol. The van der Waals surface area contributed by atoms with E-state index in [1.807, 2.05) is 12.1 Å². The van der Waals surface area contributed by atoms with Gasteiger partial charge in [0.1, 0.15) is 19.0 Å². The van der Waals surface area contributed by atoms with Gasteiger partial charge in [-0.2, -0.15) is 5.10 Å². The number of nitrogens with one attached hydrogen (secondary N) is 1. The maximum Gasteiger partial charge on any atom is 0.332 e. The van der Waals surface area contributed by atoms with Crippen LogP contribution >= 0.6 is 23.2 Å². The standard InChI is InChI=1S/C20H23Cl2N3O3/c1-20(2,3)14-4-6-15(7-5-14)27-8-9-28-18-16(21)10-13(11-17(18)22)12-24-25-19(23)26/h4-7,10-12H,8-9H2,1-3H3,(H3,23,25,26)/b24-12+. The summed E-state index contributed by atoms with van der Waals surface area (Å²) in [4.78, 5) is 10.6. The Morgan fingerprint density at radius 1 is 1.11 bits per heavy atom. The first-order valence-electron chi connectivity index (χ1n) is 8.60. The van der Waals surface area contributed by atoms with Crippen LogP contribution in [0.15, 0.2) is 41.5 Å². The van der Waals surface area contributed by atoms with Crippen molar-refractivity contribution < 1.29 is 14.3 Å². The Balaban J connectivity index is 1.89. The summed E-state index contributed by atoms with van der Waals surface area (Å²) < 4.78 is 11.3. The summed E-state index contributed by atoms with van der Waals surface area (Å²) in [6.45, 7) is 7.10. The average Bonchev–Trinajstić information content (AvgIpc) is 2.60. The topological polar surface area (TPSA) is 85.9 Å². The lowest BCUT2D eigenvalue weighted by Gasteiger charge is -2.19. The first-order chi connectivity index (χ1) is 13.2. The number of benzene rings is 2. The molecule has 2 amide bonds. The number of hydrogen-bond donors (Lipinski definition) is 2. The number of nitrogens with zero attached hydrogens (tertiary/aromatic N) is 1. The fraction of sp³-hybridized carbons (Fsp3) is 0.300. The lowest BCUT2D eigenvalue weighted by Crippen LogP contribution is -2.24. The van der Waals surface area contributed by atoms with Crippen LogP contribution in [0.4, 0.5) is 4.79 Å². The van der Waals surface area contributed by atoms with E-state index in [0.717, 1.165) is 5.75 Å². The molecule has 0 saturated carbocycles. The molecule has 0 atom stereocenters. The second-order valence-electron chi connectivity index (χ2n) is 7.02. The fourth-order valence-corrected chi connectivity index (χ4v) is 2.93. The van der Waals surface area contributed by atoms with E-state index in [2.05, 4.69) is 43.4 Å². The molecule has 0 saturated heterocycles. The van der Waals surface area contributed by atoms with Crippen molar-refractivity contribution in [3.05, 3.63) is 57.6 Å². The van der Waals surface area contributed by atoms with Gasteiger partial charge in [0.25, 0.3) is 0 Å². The van der Waals surface area contributed by atoms with Crippen molar-refractivity contribution in [3.63, 3.8) is 0 Å². The molecule has 0 unspecified atom stereocenters. The molecule has 0 bridgehead atoms. The van der Waals surface area contributed by atoms with Gasteiger partial charge in [-0.05, 0) is 40.8 Å². The summed E-state index contributed by atoms with van der Waals surface area (Å²) in [5, 5.41) is 4.30. The number of hydrogen-bond acceptors (Lipinski definition) is 4. The van der Waals surface area contributed by atoms with Crippen LogP contribution in [0.2, 0.25) is 10.0 Å². The maximum atomic E-state index is 10.6. The molecule has 0 aliphatic heterocycles. The normalized spacial score (nSPS) is 11.5. The molecule has 0 aromatic heterocycles. The van der Waals surface area contributed by atoms with Crippen molar-refractivity contribution in [1.82, 2.24) is 5.43 Å². The predicted octanol–water partition coefficient (Wildman–Crippen LogP) is 4.75. The molecular formula is C20H23Cl2N3O3. The van der Waals surface area contributed by atoms with E-state index in [4.69, 9.17) is 38.4 Å². The van der Waals surface area contributed by atoms with E-state index in [9.17, 15) is 4.79 Å². The first-order valence-corrected chi connectivity index (χ1v) is 9.36. The number of carbonyl (C=O) groups is 1. The number of nitrogens with two attached hydrogens (primary N) is 1. The van der Waals surface area contributed by atoms with E-state index < -0.39 is 6.03 Å². The number of ether oxygens (including phenoxy) is 2. The van der Waals surface area contributed by atoms with Crippen molar-refractivity contribution >= 4 is 35.4 Å². The summed E-state index contributed by atoms with van der Waals surface area (Å²) in [6, 6.07) is 10.4. The zero-order valence-corrected chi connectivity index (χ0v) is 17.5. The number of primary amides is 1. The molecule has 0 spiro atoms. The zero-order chi connectivity index (χ0) is 20.7. The van der Waals surface area contributed by atoms with Gasteiger partial charge < -0.3 is 15.2 Å². The molecule has 3 N–H and O–H groups in total. The van der Waals surface area contributed by atoms with Gasteiger partial charge in [-0.25, -0.2) is 10.2 Å². The molecule has 28 heavy (non-hydrogen) atoms. The summed E-state index contributed by atoms with van der Waals surface area (Å²) in [5.74, 6) is 1.12. The summed E-state index contributed by atoms with van der Waals surface area (Å²) in [7, 11) is 0. The molecule has 0 fully saturated rings. The largest absolute Gasteiger partial charge is 0.490 e. The van der Waals surface area contributed by atoms with E-state index >= 15 is 0 Å². The summed E-state index contributed by atoms with van der Waals surface area (Å²) in [6.07, 6.45) is 1.37. The highest BCUT2D eigenvalue weighted by molar-refractivity contribution is 6.37. The van der Waals surface area contributed by atoms with Crippen molar-refractivity contribution in [3.8, 4) is 11.5 Å². The molecule has 2 aromatic rings. The van der Waals surface area contributed by atoms with E-state index in [0.29, 0.717) is 28.0 Å². The first kappa shape index (κ1) is 21.9. The lowest BCUT2D eigenvalue weighted by atomic mass is 9.87. The molecule has 0 heterocycles. The third-order valence-corrected chi connectivity index (χ3v) is 4.29.